The monoisotopic (exact) mass is 292 g/mol. The molecule has 0 aliphatic carbocycles. The topological polar surface area (TPSA) is 74.2 Å². The summed E-state index contributed by atoms with van der Waals surface area (Å²) in [5.41, 5.74) is 0.0178. The average Bonchev–Trinajstić information content (AvgIpc) is 2.80. The molecule has 3 saturated heterocycles. The first-order chi connectivity index (χ1) is 10.2. The van der Waals surface area contributed by atoms with E-state index in [1.165, 1.54) is 0 Å². The molecule has 4 rings (SSSR count). The van der Waals surface area contributed by atoms with Gasteiger partial charge in [-0.15, -0.1) is 0 Å². The van der Waals surface area contributed by atoms with Crippen LogP contribution in [0.3, 0.4) is 0 Å². The van der Waals surface area contributed by atoms with Gasteiger partial charge in [-0.3, -0.25) is 4.79 Å². The molecule has 3 aliphatic rings. The first-order valence-corrected chi connectivity index (χ1v) is 7.05. The van der Waals surface area contributed by atoms with Gasteiger partial charge >= 0.3 is 5.97 Å². The molecule has 0 saturated carbocycles. The van der Waals surface area contributed by atoms with Crippen molar-refractivity contribution in [2.75, 3.05) is 6.61 Å². The molecule has 1 aromatic carbocycles. The fourth-order valence-electron chi connectivity index (χ4n) is 3.30. The molecular weight excluding hydrogens is 276 g/mol. The zero-order valence-electron chi connectivity index (χ0n) is 11.3. The summed E-state index contributed by atoms with van der Waals surface area (Å²) in [6.07, 6.45) is -1.89. The van der Waals surface area contributed by atoms with Crippen molar-refractivity contribution in [1.82, 2.24) is 0 Å². The maximum absolute atomic E-state index is 11.7. The largest absolute Gasteiger partial charge is 0.432 e. The van der Waals surface area contributed by atoms with Crippen molar-refractivity contribution in [1.29, 1.82) is 0 Å². The lowest BCUT2D eigenvalue weighted by Crippen LogP contribution is -2.59. The molecular formula is C15H16O6. The van der Waals surface area contributed by atoms with E-state index in [9.17, 15) is 9.90 Å². The second-order valence-electron chi connectivity index (χ2n) is 5.67. The van der Waals surface area contributed by atoms with Gasteiger partial charge in [0.05, 0.1) is 13.0 Å². The van der Waals surface area contributed by atoms with Crippen LogP contribution in [0, 0.1) is 5.92 Å². The number of rotatable bonds is 1. The summed E-state index contributed by atoms with van der Waals surface area (Å²) in [4.78, 5) is 11.7. The van der Waals surface area contributed by atoms with E-state index in [4.69, 9.17) is 18.9 Å². The van der Waals surface area contributed by atoms with Crippen LogP contribution in [0.1, 0.15) is 24.7 Å². The van der Waals surface area contributed by atoms with Gasteiger partial charge in [-0.25, -0.2) is 0 Å². The van der Waals surface area contributed by atoms with Crippen molar-refractivity contribution >= 4 is 5.97 Å². The Morgan fingerprint density at radius 3 is 2.86 bits per heavy atom. The van der Waals surface area contributed by atoms with Crippen LogP contribution in [0.25, 0.3) is 0 Å². The second-order valence-corrected chi connectivity index (χ2v) is 5.67. The van der Waals surface area contributed by atoms with Crippen LogP contribution in [0.2, 0.25) is 0 Å². The fourth-order valence-corrected chi connectivity index (χ4v) is 3.30. The summed E-state index contributed by atoms with van der Waals surface area (Å²) in [6, 6.07) is 9.54. The van der Waals surface area contributed by atoms with Gasteiger partial charge in [0.1, 0.15) is 5.60 Å². The van der Waals surface area contributed by atoms with E-state index in [2.05, 4.69) is 0 Å². The first-order valence-electron chi connectivity index (χ1n) is 7.05. The molecule has 6 heteroatoms. The van der Waals surface area contributed by atoms with Gasteiger partial charge in [-0.2, -0.15) is 0 Å². The molecule has 21 heavy (non-hydrogen) atoms. The third-order valence-corrected chi connectivity index (χ3v) is 4.36. The van der Waals surface area contributed by atoms with Gasteiger partial charge in [0.15, 0.2) is 12.6 Å². The lowest BCUT2D eigenvalue weighted by Gasteiger charge is -2.49. The Morgan fingerprint density at radius 2 is 2.05 bits per heavy atom. The van der Waals surface area contributed by atoms with E-state index >= 15 is 0 Å². The van der Waals surface area contributed by atoms with Crippen molar-refractivity contribution in [2.24, 2.45) is 5.92 Å². The fraction of sp³-hybridized carbons (Fsp3) is 0.533. The Hall–Kier alpha value is -1.47. The van der Waals surface area contributed by atoms with E-state index in [0.29, 0.717) is 13.0 Å². The SMILES string of the molecule is O=C1C[C@@]23OC(c4ccccc4)OC[C@H]2CC(O)O[C@@H]3O1. The quantitative estimate of drug-likeness (QED) is 0.781. The van der Waals surface area contributed by atoms with Crippen LogP contribution in [-0.2, 0) is 23.7 Å². The number of esters is 1. The normalized spacial score (nSPS) is 42.0. The number of carbonyl (C=O) groups is 1. The molecule has 3 aliphatic heterocycles. The zero-order valence-corrected chi connectivity index (χ0v) is 11.3. The van der Waals surface area contributed by atoms with Crippen LogP contribution in [0.4, 0.5) is 0 Å². The average molecular weight is 292 g/mol. The van der Waals surface area contributed by atoms with Gasteiger partial charge in [0.25, 0.3) is 0 Å². The molecule has 0 radical (unpaired) electrons. The van der Waals surface area contributed by atoms with Gasteiger partial charge in [0, 0.05) is 17.9 Å². The molecule has 5 atom stereocenters. The predicted octanol–water partition coefficient (Wildman–Crippen LogP) is 1.10. The van der Waals surface area contributed by atoms with Crippen LogP contribution in [0.15, 0.2) is 30.3 Å². The van der Waals surface area contributed by atoms with Gasteiger partial charge in [0.2, 0.25) is 6.29 Å². The predicted molar refractivity (Wildman–Crippen MR) is 68.6 cm³/mol. The number of aliphatic hydroxyl groups is 1. The molecule has 3 fully saturated rings. The van der Waals surface area contributed by atoms with Gasteiger partial charge in [-0.1, -0.05) is 30.3 Å². The zero-order chi connectivity index (χ0) is 14.4. The Balaban J connectivity index is 1.65. The summed E-state index contributed by atoms with van der Waals surface area (Å²) in [7, 11) is 0. The summed E-state index contributed by atoms with van der Waals surface area (Å²) in [5, 5.41) is 9.74. The minimum absolute atomic E-state index is 0.127. The maximum atomic E-state index is 11.7. The minimum atomic E-state index is -0.959. The number of benzene rings is 1. The van der Waals surface area contributed by atoms with Crippen molar-refractivity contribution in [3.05, 3.63) is 35.9 Å². The lowest BCUT2D eigenvalue weighted by atomic mass is 9.80. The summed E-state index contributed by atoms with van der Waals surface area (Å²) in [6.45, 7) is 0.396. The second kappa shape index (κ2) is 4.78. The standard InChI is InChI=1S/C15H16O6/c16-11-6-10-8-18-13(9-4-2-1-3-5-9)21-15(10)7-12(17)20-14(15)19-11/h1-5,10-11,13-14,16H,6-8H2/t10-,11?,13?,14-,15-/m1/s1. The van der Waals surface area contributed by atoms with E-state index in [0.717, 1.165) is 5.56 Å². The highest BCUT2D eigenvalue weighted by Gasteiger charge is 2.62. The Kier molecular flexibility index (Phi) is 3.00. The summed E-state index contributed by atoms with van der Waals surface area (Å²) >= 11 is 0. The molecule has 0 bridgehead atoms. The van der Waals surface area contributed by atoms with Crippen molar-refractivity contribution < 1.29 is 28.8 Å². The van der Waals surface area contributed by atoms with Crippen LogP contribution in [0.5, 0.6) is 0 Å². The molecule has 1 N–H and O–H groups in total. The molecule has 112 valence electrons. The van der Waals surface area contributed by atoms with Crippen molar-refractivity contribution in [3.63, 3.8) is 0 Å². The third-order valence-electron chi connectivity index (χ3n) is 4.36. The summed E-state index contributed by atoms with van der Waals surface area (Å²) < 4.78 is 22.4. The highest BCUT2D eigenvalue weighted by atomic mass is 16.8. The lowest BCUT2D eigenvalue weighted by molar-refractivity contribution is -0.378. The highest BCUT2D eigenvalue weighted by Crippen LogP contribution is 2.49. The van der Waals surface area contributed by atoms with Crippen LogP contribution < -0.4 is 0 Å². The number of carbonyl (C=O) groups excluding carboxylic acids is 1. The van der Waals surface area contributed by atoms with Crippen LogP contribution in [-0.4, -0.2) is 35.9 Å². The molecule has 0 amide bonds. The molecule has 1 aromatic rings. The van der Waals surface area contributed by atoms with Crippen LogP contribution >= 0.6 is 0 Å². The van der Waals surface area contributed by atoms with E-state index in [1.807, 2.05) is 30.3 Å². The van der Waals surface area contributed by atoms with Gasteiger partial charge in [-0.05, 0) is 0 Å². The number of aliphatic hydroxyl groups excluding tert-OH is 1. The van der Waals surface area contributed by atoms with E-state index in [-0.39, 0.29) is 18.3 Å². The number of hydrogen-bond acceptors (Lipinski definition) is 6. The summed E-state index contributed by atoms with van der Waals surface area (Å²) in [5.74, 6) is -0.495. The van der Waals surface area contributed by atoms with E-state index in [1.54, 1.807) is 0 Å². The molecule has 1 spiro atoms. The Labute approximate surface area is 121 Å². The Morgan fingerprint density at radius 1 is 1.24 bits per heavy atom. The molecule has 6 nitrogen and oxygen atoms in total. The van der Waals surface area contributed by atoms with Crippen molar-refractivity contribution in [2.45, 2.75) is 37.3 Å². The number of ether oxygens (including phenoxy) is 4. The smallest absolute Gasteiger partial charge is 0.311 e. The van der Waals surface area contributed by atoms with Gasteiger partial charge < -0.3 is 24.1 Å². The third kappa shape index (κ3) is 2.06. The molecule has 2 unspecified atom stereocenters. The van der Waals surface area contributed by atoms with E-state index < -0.39 is 24.5 Å². The Bertz CT molecular complexity index is 546. The maximum Gasteiger partial charge on any atom is 0.311 e. The molecule has 3 heterocycles. The molecule has 0 aromatic heterocycles. The first kappa shape index (κ1) is 13.2. The number of hydrogen-bond donors (Lipinski definition) is 1. The van der Waals surface area contributed by atoms with Crippen molar-refractivity contribution in [3.8, 4) is 0 Å². The highest BCUT2D eigenvalue weighted by molar-refractivity contribution is 5.73. The minimum Gasteiger partial charge on any atom is -0.432 e.